The maximum atomic E-state index is 10.6. The van der Waals surface area contributed by atoms with Gasteiger partial charge in [0.25, 0.3) is 0 Å². The van der Waals surface area contributed by atoms with Gasteiger partial charge in [-0.1, -0.05) is 6.07 Å². The van der Waals surface area contributed by atoms with E-state index < -0.39 is 5.97 Å². The van der Waals surface area contributed by atoms with Crippen molar-refractivity contribution in [3.05, 3.63) is 54.1 Å². The Kier molecular flexibility index (Phi) is 2.49. The number of carboxylic acids is 1. The Labute approximate surface area is 86.8 Å². The zero-order valence-electron chi connectivity index (χ0n) is 8.00. The normalized spacial score (nSPS) is 10.1. The average Bonchev–Trinajstić information content (AvgIpc) is 2.68. The van der Waals surface area contributed by atoms with Crippen LogP contribution in [0.3, 0.4) is 0 Å². The zero-order chi connectivity index (χ0) is 10.7. The van der Waals surface area contributed by atoms with E-state index in [4.69, 9.17) is 5.11 Å². The second-order valence-electron chi connectivity index (χ2n) is 3.20. The maximum Gasteiger partial charge on any atom is 0.337 e. The Morgan fingerprint density at radius 1 is 1.40 bits per heavy atom. The number of rotatable bonds is 3. The van der Waals surface area contributed by atoms with Crippen LogP contribution < -0.4 is 0 Å². The molecule has 0 saturated carbocycles. The number of pyridine rings is 1. The minimum atomic E-state index is -0.908. The standard InChI is InChI=1S/C11H10N2O2/c14-11(15)9-4-6-13(7-9)8-10-3-1-2-5-12-10/h1-7H,8H2,(H,14,15). The molecule has 2 heterocycles. The molecule has 0 aromatic carbocycles. The molecular weight excluding hydrogens is 192 g/mol. The largest absolute Gasteiger partial charge is 0.478 e. The molecule has 4 nitrogen and oxygen atoms in total. The summed E-state index contributed by atoms with van der Waals surface area (Å²) in [5.41, 5.74) is 1.20. The fourth-order valence-corrected chi connectivity index (χ4v) is 1.34. The lowest BCUT2D eigenvalue weighted by atomic mass is 10.3. The number of nitrogens with zero attached hydrogens (tertiary/aromatic N) is 2. The van der Waals surface area contributed by atoms with Crippen molar-refractivity contribution in [2.45, 2.75) is 6.54 Å². The summed E-state index contributed by atoms with van der Waals surface area (Å²) in [6.07, 6.45) is 5.05. The van der Waals surface area contributed by atoms with Crippen molar-refractivity contribution < 1.29 is 9.90 Å². The maximum absolute atomic E-state index is 10.6. The summed E-state index contributed by atoms with van der Waals surface area (Å²) in [5, 5.41) is 8.74. The summed E-state index contributed by atoms with van der Waals surface area (Å²) < 4.78 is 1.80. The highest BCUT2D eigenvalue weighted by Gasteiger charge is 2.04. The molecule has 0 spiro atoms. The van der Waals surface area contributed by atoms with E-state index in [0.717, 1.165) is 5.69 Å². The Morgan fingerprint density at radius 3 is 2.87 bits per heavy atom. The van der Waals surface area contributed by atoms with E-state index in [1.807, 2.05) is 18.2 Å². The first-order valence-corrected chi connectivity index (χ1v) is 4.55. The lowest BCUT2D eigenvalue weighted by molar-refractivity contribution is 0.0697. The van der Waals surface area contributed by atoms with Gasteiger partial charge in [-0.2, -0.15) is 0 Å². The molecule has 0 bridgehead atoms. The van der Waals surface area contributed by atoms with Crippen LogP contribution in [0.25, 0.3) is 0 Å². The van der Waals surface area contributed by atoms with Crippen LogP contribution in [0.2, 0.25) is 0 Å². The Hall–Kier alpha value is -2.10. The smallest absolute Gasteiger partial charge is 0.337 e. The summed E-state index contributed by atoms with van der Waals surface area (Å²) >= 11 is 0. The summed E-state index contributed by atoms with van der Waals surface area (Å²) in [6, 6.07) is 7.23. The Bertz CT molecular complexity index is 462. The molecule has 2 rings (SSSR count). The fraction of sp³-hybridized carbons (Fsp3) is 0.0909. The van der Waals surface area contributed by atoms with Gasteiger partial charge >= 0.3 is 5.97 Å². The van der Waals surface area contributed by atoms with Crippen molar-refractivity contribution in [3.63, 3.8) is 0 Å². The van der Waals surface area contributed by atoms with Crippen molar-refractivity contribution in [2.24, 2.45) is 0 Å². The molecule has 0 aliphatic rings. The van der Waals surface area contributed by atoms with E-state index in [9.17, 15) is 4.79 Å². The first-order chi connectivity index (χ1) is 7.25. The van der Waals surface area contributed by atoms with Crippen LogP contribution in [0.5, 0.6) is 0 Å². The number of carbonyl (C=O) groups is 1. The van der Waals surface area contributed by atoms with Gasteiger partial charge in [-0.3, -0.25) is 4.98 Å². The molecule has 4 heteroatoms. The molecule has 0 saturated heterocycles. The van der Waals surface area contributed by atoms with Gasteiger partial charge in [-0.15, -0.1) is 0 Å². The second-order valence-corrected chi connectivity index (χ2v) is 3.20. The minimum Gasteiger partial charge on any atom is -0.478 e. The molecule has 0 unspecified atom stereocenters. The van der Waals surface area contributed by atoms with Gasteiger partial charge in [0.1, 0.15) is 0 Å². The summed E-state index contributed by atoms with van der Waals surface area (Å²) in [7, 11) is 0. The molecule has 1 N–H and O–H groups in total. The second kappa shape index (κ2) is 3.96. The van der Waals surface area contributed by atoms with Crippen molar-refractivity contribution in [3.8, 4) is 0 Å². The fourth-order valence-electron chi connectivity index (χ4n) is 1.34. The highest BCUT2D eigenvalue weighted by atomic mass is 16.4. The molecule has 2 aromatic rings. The molecule has 0 radical (unpaired) electrons. The van der Waals surface area contributed by atoms with Gasteiger partial charge in [0.05, 0.1) is 17.8 Å². The number of carboxylic acid groups (broad SMARTS) is 1. The SMILES string of the molecule is O=C(O)c1ccn(Cc2ccccn2)c1. The predicted octanol–water partition coefficient (Wildman–Crippen LogP) is 1.63. The molecule has 0 aliphatic heterocycles. The van der Waals surface area contributed by atoms with E-state index in [1.54, 1.807) is 29.2 Å². The lowest BCUT2D eigenvalue weighted by Crippen LogP contribution is -1.99. The van der Waals surface area contributed by atoms with Crippen molar-refractivity contribution in [2.75, 3.05) is 0 Å². The van der Waals surface area contributed by atoms with Gasteiger partial charge in [0.15, 0.2) is 0 Å². The highest BCUT2D eigenvalue weighted by molar-refractivity contribution is 5.87. The number of hydrogen-bond acceptors (Lipinski definition) is 2. The van der Waals surface area contributed by atoms with E-state index in [2.05, 4.69) is 4.98 Å². The van der Waals surface area contributed by atoms with Crippen molar-refractivity contribution in [1.29, 1.82) is 0 Å². The summed E-state index contributed by atoms with van der Waals surface area (Å²) in [4.78, 5) is 14.8. The first kappa shape index (κ1) is 9.45. The predicted molar refractivity (Wildman–Crippen MR) is 54.7 cm³/mol. The van der Waals surface area contributed by atoms with Crippen LogP contribution >= 0.6 is 0 Å². The monoisotopic (exact) mass is 202 g/mol. The first-order valence-electron chi connectivity index (χ1n) is 4.55. The van der Waals surface area contributed by atoms with Crippen LogP contribution in [0.4, 0.5) is 0 Å². The highest BCUT2D eigenvalue weighted by Crippen LogP contribution is 2.04. The van der Waals surface area contributed by atoms with E-state index in [1.165, 1.54) is 0 Å². The molecule has 0 atom stereocenters. The zero-order valence-corrected chi connectivity index (χ0v) is 8.00. The van der Waals surface area contributed by atoms with Gasteiger partial charge in [-0.05, 0) is 18.2 Å². The molecule has 0 amide bonds. The van der Waals surface area contributed by atoms with E-state index in [-0.39, 0.29) is 0 Å². The third kappa shape index (κ3) is 2.22. The molecule has 0 fully saturated rings. The summed E-state index contributed by atoms with van der Waals surface area (Å²) in [6.45, 7) is 0.591. The quantitative estimate of drug-likeness (QED) is 0.822. The van der Waals surface area contributed by atoms with Gasteiger partial charge in [0.2, 0.25) is 0 Å². The average molecular weight is 202 g/mol. The molecule has 0 aliphatic carbocycles. The lowest BCUT2D eigenvalue weighted by Gasteiger charge is -2.00. The number of aromatic carboxylic acids is 1. The third-order valence-electron chi connectivity index (χ3n) is 2.07. The van der Waals surface area contributed by atoms with Crippen molar-refractivity contribution >= 4 is 5.97 Å². The van der Waals surface area contributed by atoms with Crippen LogP contribution in [-0.4, -0.2) is 20.6 Å². The van der Waals surface area contributed by atoms with Gasteiger partial charge in [-0.25, -0.2) is 4.79 Å². The topological polar surface area (TPSA) is 55.1 Å². The minimum absolute atomic E-state index is 0.297. The van der Waals surface area contributed by atoms with Crippen LogP contribution in [-0.2, 0) is 6.54 Å². The Balaban J connectivity index is 2.15. The van der Waals surface area contributed by atoms with Crippen LogP contribution in [0, 0.1) is 0 Å². The van der Waals surface area contributed by atoms with Crippen LogP contribution in [0.1, 0.15) is 16.1 Å². The molecule has 76 valence electrons. The van der Waals surface area contributed by atoms with Gasteiger partial charge in [0, 0.05) is 18.6 Å². The van der Waals surface area contributed by atoms with E-state index >= 15 is 0 Å². The third-order valence-corrected chi connectivity index (χ3v) is 2.07. The van der Waals surface area contributed by atoms with Gasteiger partial charge < -0.3 is 9.67 Å². The molecular formula is C11H10N2O2. The van der Waals surface area contributed by atoms with E-state index in [0.29, 0.717) is 12.1 Å². The number of aromatic nitrogens is 2. The molecule has 2 aromatic heterocycles. The Morgan fingerprint density at radius 2 is 2.27 bits per heavy atom. The number of hydrogen-bond donors (Lipinski definition) is 1. The summed E-state index contributed by atoms with van der Waals surface area (Å²) in [5.74, 6) is -0.908. The van der Waals surface area contributed by atoms with Crippen molar-refractivity contribution in [1.82, 2.24) is 9.55 Å². The van der Waals surface area contributed by atoms with Crippen LogP contribution in [0.15, 0.2) is 42.9 Å². The molecule has 15 heavy (non-hydrogen) atoms.